The highest BCUT2D eigenvalue weighted by Crippen LogP contribution is 2.37. The van der Waals surface area contributed by atoms with E-state index in [4.69, 9.17) is 4.57 Å². The van der Waals surface area contributed by atoms with Crippen LogP contribution in [-0.4, -0.2) is 7.11 Å². The van der Waals surface area contributed by atoms with Crippen LogP contribution in [0.4, 0.5) is 0 Å². The third-order valence-corrected chi connectivity index (χ3v) is 4.19. The molecule has 0 aliphatic heterocycles. The van der Waals surface area contributed by atoms with Crippen molar-refractivity contribution < 1.29 is 9.09 Å². The second-order valence-electron chi connectivity index (χ2n) is 5.05. The van der Waals surface area contributed by atoms with Gasteiger partial charge in [0, 0.05) is 7.11 Å². The molecule has 0 aromatic rings. The fourth-order valence-corrected chi connectivity index (χ4v) is 3.21. The summed E-state index contributed by atoms with van der Waals surface area (Å²) < 4.78 is 13.0. The van der Waals surface area contributed by atoms with Crippen molar-refractivity contribution in [2.75, 3.05) is 7.11 Å². The van der Waals surface area contributed by atoms with E-state index in [1.165, 1.54) is 45.6 Å². The Balaban J connectivity index is 0.000000280. The highest BCUT2D eigenvalue weighted by molar-refractivity contribution is 7.17. The third kappa shape index (κ3) is 5.41. The zero-order valence-electron chi connectivity index (χ0n) is 10.5. The molecule has 0 radical (unpaired) electrons. The maximum absolute atomic E-state index is 9.05. The molecule has 2 aliphatic carbocycles. The Bertz CT molecular complexity index is 157. The molecule has 0 aromatic heterocycles. The molecule has 2 saturated carbocycles. The summed E-state index contributed by atoms with van der Waals surface area (Å²) in [6, 6.07) is 0. The minimum absolute atomic E-state index is 0.252. The molecule has 0 spiro atoms. The SMILES string of the molecule is C1CCC(C2CCCCC2)CC1.COP=O. The molecule has 0 bridgehead atoms. The Morgan fingerprint density at radius 2 is 1.12 bits per heavy atom. The van der Waals surface area contributed by atoms with Gasteiger partial charge in [-0.2, -0.15) is 0 Å². The fourth-order valence-electron chi connectivity index (χ4n) is 3.21. The summed E-state index contributed by atoms with van der Waals surface area (Å²) in [6.07, 6.45) is 15.4. The van der Waals surface area contributed by atoms with Crippen molar-refractivity contribution in [3.63, 3.8) is 0 Å². The minimum Gasteiger partial charge on any atom is -0.298 e. The van der Waals surface area contributed by atoms with Gasteiger partial charge in [-0.1, -0.05) is 64.2 Å². The van der Waals surface area contributed by atoms with E-state index in [0.717, 1.165) is 11.8 Å². The first kappa shape index (κ1) is 14.1. The van der Waals surface area contributed by atoms with Crippen LogP contribution < -0.4 is 0 Å². The molecule has 0 unspecified atom stereocenters. The van der Waals surface area contributed by atoms with E-state index in [9.17, 15) is 0 Å². The topological polar surface area (TPSA) is 26.3 Å². The Morgan fingerprint density at radius 1 is 0.812 bits per heavy atom. The van der Waals surface area contributed by atoms with E-state index in [0.29, 0.717) is 0 Å². The smallest absolute Gasteiger partial charge is 0.298 e. The molecule has 0 atom stereocenters. The zero-order chi connectivity index (χ0) is 11.6. The Kier molecular flexibility index (Phi) is 8.06. The second-order valence-corrected chi connectivity index (χ2v) is 5.57. The van der Waals surface area contributed by atoms with Crippen LogP contribution in [0.25, 0.3) is 0 Å². The third-order valence-electron chi connectivity index (χ3n) is 4.04. The second kappa shape index (κ2) is 9.13. The largest absolute Gasteiger partial charge is 0.327 e. The first-order valence-corrected chi connectivity index (χ1v) is 7.47. The van der Waals surface area contributed by atoms with Crippen molar-refractivity contribution in [1.82, 2.24) is 0 Å². The summed E-state index contributed by atoms with van der Waals surface area (Å²) in [5, 5.41) is 0. The summed E-state index contributed by atoms with van der Waals surface area (Å²) in [4.78, 5) is 0. The van der Waals surface area contributed by atoms with E-state index >= 15 is 0 Å². The fraction of sp³-hybridized carbons (Fsp3) is 1.00. The van der Waals surface area contributed by atoms with E-state index < -0.39 is 0 Å². The van der Waals surface area contributed by atoms with Crippen LogP contribution in [0.1, 0.15) is 64.2 Å². The number of hydrogen-bond donors (Lipinski definition) is 0. The van der Waals surface area contributed by atoms with Gasteiger partial charge < -0.3 is 0 Å². The lowest BCUT2D eigenvalue weighted by Crippen LogP contribution is -2.20. The molecule has 94 valence electrons. The van der Waals surface area contributed by atoms with Crippen molar-refractivity contribution in [2.24, 2.45) is 11.8 Å². The molecule has 2 nitrogen and oxygen atoms in total. The predicted molar refractivity (Wildman–Crippen MR) is 67.8 cm³/mol. The van der Waals surface area contributed by atoms with Crippen molar-refractivity contribution in [3.8, 4) is 0 Å². The van der Waals surface area contributed by atoms with Crippen LogP contribution in [0.2, 0.25) is 0 Å². The molecule has 0 amide bonds. The molecular formula is C13H25O2P. The summed E-state index contributed by atoms with van der Waals surface area (Å²) >= 11 is 0. The highest BCUT2D eigenvalue weighted by Gasteiger charge is 2.24. The van der Waals surface area contributed by atoms with Gasteiger partial charge in [-0.05, 0) is 11.8 Å². The summed E-state index contributed by atoms with van der Waals surface area (Å²) in [5.41, 5.74) is 0. The quantitative estimate of drug-likeness (QED) is 0.640. The first-order valence-electron chi connectivity index (χ1n) is 6.74. The minimum atomic E-state index is -0.252. The highest BCUT2D eigenvalue weighted by atomic mass is 31.1. The van der Waals surface area contributed by atoms with Gasteiger partial charge in [-0.3, -0.25) is 4.52 Å². The van der Waals surface area contributed by atoms with Crippen molar-refractivity contribution in [1.29, 1.82) is 0 Å². The van der Waals surface area contributed by atoms with Gasteiger partial charge in [0.1, 0.15) is 0 Å². The lowest BCUT2D eigenvalue weighted by molar-refractivity contribution is 0.196. The monoisotopic (exact) mass is 244 g/mol. The normalized spacial score (nSPS) is 23.8. The van der Waals surface area contributed by atoms with Crippen molar-refractivity contribution in [3.05, 3.63) is 0 Å². The summed E-state index contributed by atoms with van der Waals surface area (Å²) in [7, 11) is 1.10. The van der Waals surface area contributed by atoms with Gasteiger partial charge in [-0.15, -0.1) is 0 Å². The first-order chi connectivity index (χ1) is 7.88. The van der Waals surface area contributed by atoms with Gasteiger partial charge in [0.2, 0.25) is 0 Å². The molecule has 0 N–H and O–H groups in total. The van der Waals surface area contributed by atoms with Crippen LogP contribution in [0, 0.1) is 11.8 Å². The van der Waals surface area contributed by atoms with Gasteiger partial charge in [-0.25, -0.2) is 4.57 Å². The van der Waals surface area contributed by atoms with Crippen molar-refractivity contribution in [2.45, 2.75) is 64.2 Å². The van der Waals surface area contributed by atoms with Crippen LogP contribution >= 0.6 is 8.69 Å². The van der Waals surface area contributed by atoms with Gasteiger partial charge in [0.05, 0.1) is 0 Å². The van der Waals surface area contributed by atoms with Crippen molar-refractivity contribution >= 4 is 8.69 Å². The molecular weight excluding hydrogens is 219 g/mol. The summed E-state index contributed by atoms with van der Waals surface area (Å²) in [6.45, 7) is 0. The Hall–Kier alpha value is 0.0600. The standard InChI is InChI=1S/C12H22.CH3O2P/c1-3-7-11(8-4-1)12-9-5-2-6-10-12;1-3-4-2/h11-12H,1-10H2;1H3. The molecule has 2 fully saturated rings. The van der Waals surface area contributed by atoms with Crippen LogP contribution in [0.3, 0.4) is 0 Å². The maximum atomic E-state index is 9.05. The van der Waals surface area contributed by atoms with Crippen LogP contribution in [0.5, 0.6) is 0 Å². The van der Waals surface area contributed by atoms with Crippen LogP contribution in [0.15, 0.2) is 0 Å². The molecule has 0 heterocycles. The maximum Gasteiger partial charge on any atom is 0.327 e. The average Bonchev–Trinajstić information content (AvgIpc) is 2.41. The lowest BCUT2D eigenvalue weighted by atomic mass is 9.73. The number of rotatable bonds is 2. The number of hydrogen-bond acceptors (Lipinski definition) is 2. The van der Waals surface area contributed by atoms with Gasteiger partial charge in [0.25, 0.3) is 0 Å². The molecule has 2 aliphatic rings. The molecule has 3 heteroatoms. The molecule has 16 heavy (non-hydrogen) atoms. The van der Waals surface area contributed by atoms with E-state index in [1.54, 1.807) is 25.7 Å². The zero-order valence-corrected chi connectivity index (χ0v) is 11.4. The van der Waals surface area contributed by atoms with Gasteiger partial charge >= 0.3 is 8.69 Å². The predicted octanol–water partition coefficient (Wildman–Crippen LogP) is 4.99. The Morgan fingerprint density at radius 3 is 1.38 bits per heavy atom. The van der Waals surface area contributed by atoms with Crippen LogP contribution in [-0.2, 0) is 9.09 Å². The van der Waals surface area contributed by atoms with E-state index in [1.807, 2.05) is 0 Å². The molecule has 0 aromatic carbocycles. The molecule has 2 rings (SSSR count). The average molecular weight is 244 g/mol. The summed E-state index contributed by atoms with van der Waals surface area (Å²) in [5.74, 6) is 2.28. The van der Waals surface area contributed by atoms with Gasteiger partial charge in [0.15, 0.2) is 0 Å². The lowest BCUT2D eigenvalue weighted by Gasteiger charge is -2.32. The molecule has 0 saturated heterocycles. The Labute approximate surface area is 101 Å². The van der Waals surface area contributed by atoms with E-state index in [2.05, 4.69) is 4.52 Å². The van der Waals surface area contributed by atoms with E-state index in [-0.39, 0.29) is 8.69 Å².